The third-order valence-electron chi connectivity index (χ3n) is 2.53. The van der Waals surface area contributed by atoms with Crippen LogP contribution >= 0.6 is 24.8 Å². The Morgan fingerprint density at radius 1 is 0.882 bits per heavy atom. The van der Waals surface area contributed by atoms with E-state index in [1.54, 1.807) is 0 Å². The van der Waals surface area contributed by atoms with Crippen LogP contribution in [0.1, 0.15) is 17.2 Å². The molecule has 0 spiro atoms. The molecule has 0 amide bonds. The van der Waals surface area contributed by atoms with E-state index in [0.717, 1.165) is 0 Å². The fourth-order valence-corrected chi connectivity index (χ4v) is 2.02. The van der Waals surface area contributed by atoms with Crippen LogP contribution in [0, 0.1) is 0 Å². The standard InChI is InChI=1S/C14H13NS2/c16-14(17)15-13(11-7-3-1-4-8-11)12-9-5-2-6-10-12/h1-10,13H,(H2,15,16,17). The van der Waals surface area contributed by atoms with E-state index >= 15 is 0 Å². The van der Waals surface area contributed by atoms with Crippen LogP contribution in [0.25, 0.3) is 0 Å². The van der Waals surface area contributed by atoms with Gasteiger partial charge in [0.05, 0.1) is 6.04 Å². The van der Waals surface area contributed by atoms with Gasteiger partial charge in [0.25, 0.3) is 0 Å². The summed E-state index contributed by atoms with van der Waals surface area (Å²) < 4.78 is 0.503. The van der Waals surface area contributed by atoms with Crippen LogP contribution in [0.4, 0.5) is 0 Å². The van der Waals surface area contributed by atoms with Crippen molar-refractivity contribution in [1.82, 2.24) is 5.32 Å². The molecule has 2 aromatic carbocycles. The minimum Gasteiger partial charge on any atom is -0.360 e. The van der Waals surface area contributed by atoms with Crippen molar-refractivity contribution in [3.63, 3.8) is 0 Å². The third-order valence-corrected chi connectivity index (χ3v) is 2.78. The first-order chi connectivity index (χ1) is 8.27. The van der Waals surface area contributed by atoms with Crippen LogP contribution in [0.5, 0.6) is 0 Å². The molecule has 0 aliphatic rings. The van der Waals surface area contributed by atoms with Gasteiger partial charge in [0.2, 0.25) is 0 Å². The Morgan fingerprint density at radius 3 is 1.65 bits per heavy atom. The van der Waals surface area contributed by atoms with Crippen LogP contribution in [-0.4, -0.2) is 4.32 Å². The molecule has 2 aromatic rings. The summed E-state index contributed by atoms with van der Waals surface area (Å²) in [6.07, 6.45) is 0. The van der Waals surface area contributed by atoms with E-state index in [4.69, 9.17) is 12.2 Å². The lowest BCUT2D eigenvalue weighted by molar-refractivity contribution is 0.777. The van der Waals surface area contributed by atoms with Gasteiger partial charge in [-0.15, -0.1) is 12.6 Å². The highest BCUT2D eigenvalue weighted by atomic mass is 32.1. The summed E-state index contributed by atoms with van der Waals surface area (Å²) in [4.78, 5) is 0. The van der Waals surface area contributed by atoms with Crippen molar-refractivity contribution in [2.75, 3.05) is 0 Å². The molecule has 0 atom stereocenters. The smallest absolute Gasteiger partial charge is 0.131 e. The average Bonchev–Trinajstić information content (AvgIpc) is 2.38. The molecule has 0 bridgehead atoms. The highest BCUT2D eigenvalue weighted by molar-refractivity contribution is 8.11. The van der Waals surface area contributed by atoms with E-state index in [0.29, 0.717) is 4.32 Å². The summed E-state index contributed by atoms with van der Waals surface area (Å²) in [5, 5.41) is 3.21. The molecule has 17 heavy (non-hydrogen) atoms. The molecule has 0 heterocycles. The van der Waals surface area contributed by atoms with Crippen molar-refractivity contribution in [3.8, 4) is 0 Å². The Hall–Kier alpha value is -1.32. The highest BCUT2D eigenvalue weighted by Crippen LogP contribution is 2.21. The molecule has 86 valence electrons. The molecule has 2 rings (SSSR count). The van der Waals surface area contributed by atoms with Gasteiger partial charge in [-0.2, -0.15) is 0 Å². The average molecular weight is 259 g/mol. The van der Waals surface area contributed by atoms with E-state index in [9.17, 15) is 0 Å². The molecule has 0 fully saturated rings. The summed E-state index contributed by atoms with van der Waals surface area (Å²) in [5.41, 5.74) is 2.35. The number of nitrogens with one attached hydrogen (secondary N) is 1. The largest absolute Gasteiger partial charge is 0.360 e. The third kappa shape index (κ3) is 3.32. The highest BCUT2D eigenvalue weighted by Gasteiger charge is 2.12. The number of thiol groups is 1. The first-order valence-corrected chi connectivity index (χ1v) is 6.22. The molecule has 0 unspecified atom stereocenters. The molecule has 0 saturated heterocycles. The van der Waals surface area contributed by atoms with E-state index in [1.807, 2.05) is 36.4 Å². The second kappa shape index (κ2) is 5.84. The normalized spacial score (nSPS) is 10.2. The minimum atomic E-state index is 0.0578. The topological polar surface area (TPSA) is 12.0 Å². The lowest BCUT2D eigenvalue weighted by Crippen LogP contribution is -2.24. The van der Waals surface area contributed by atoms with Gasteiger partial charge >= 0.3 is 0 Å². The van der Waals surface area contributed by atoms with Crippen LogP contribution < -0.4 is 5.32 Å². The van der Waals surface area contributed by atoms with Gasteiger partial charge in [-0.3, -0.25) is 0 Å². The Morgan fingerprint density at radius 2 is 1.29 bits per heavy atom. The molecule has 0 aliphatic carbocycles. The van der Waals surface area contributed by atoms with Crippen molar-refractivity contribution in [3.05, 3.63) is 71.8 Å². The molecule has 1 nitrogen and oxygen atoms in total. The van der Waals surface area contributed by atoms with Crippen molar-refractivity contribution in [2.45, 2.75) is 6.04 Å². The molecule has 3 heteroatoms. The summed E-state index contributed by atoms with van der Waals surface area (Å²) in [6, 6.07) is 20.5. The predicted molar refractivity (Wildman–Crippen MR) is 79.4 cm³/mol. The molecule has 0 saturated carbocycles. The maximum absolute atomic E-state index is 5.02. The maximum atomic E-state index is 5.02. The van der Waals surface area contributed by atoms with Crippen molar-refractivity contribution in [2.24, 2.45) is 0 Å². The zero-order chi connectivity index (χ0) is 12.1. The minimum absolute atomic E-state index is 0.0578. The Bertz CT molecular complexity index is 443. The molecular formula is C14H13NS2. The quantitative estimate of drug-likeness (QED) is 0.645. The van der Waals surface area contributed by atoms with E-state index < -0.39 is 0 Å². The Balaban J connectivity index is 2.36. The van der Waals surface area contributed by atoms with E-state index in [2.05, 4.69) is 42.2 Å². The fraction of sp³-hybridized carbons (Fsp3) is 0.0714. The Labute approximate surface area is 112 Å². The Kier molecular flexibility index (Phi) is 4.18. The van der Waals surface area contributed by atoms with Gasteiger partial charge in [0, 0.05) is 0 Å². The van der Waals surface area contributed by atoms with Gasteiger partial charge in [0.1, 0.15) is 4.32 Å². The number of benzene rings is 2. The maximum Gasteiger partial charge on any atom is 0.131 e. The first kappa shape index (κ1) is 12.1. The molecule has 0 radical (unpaired) electrons. The summed E-state index contributed by atoms with van der Waals surface area (Å²) in [5.74, 6) is 0. The SMILES string of the molecule is S=C(S)NC(c1ccccc1)c1ccccc1. The van der Waals surface area contributed by atoms with E-state index in [1.165, 1.54) is 11.1 Å². The molecule has 1 N–H and O–H groups in total. The molecule has 0 aromatic heterocycles. The predicted octanol–water partition coefficient (Wildman–Crippen LogP) is 3.58. The van der Waals surface area contributed by atoms with Gasteiger partial charge in [-0.1, -0.05) is 72.9 Å². The lowest BCUT2D eigenvalue weighted by atomic mass is 9.99. The van der Waals surface area contributed by atoms with Gasteiger partial charge in [0.15, 0.2) is 0 Å². The second-order valence-corrected chi connectivity index (χ2v) is 4.86. The monoisotopic (exact) mass is 259 g/mol. The number of hydrogen-bond acceptors (Lipinski definition) is 1. The van der Waals surface area contributed by atoms with Crippen molar-refractivity contribution < 1.29 is 0 Å². The lowest BCUT2D eigenvalue weighted by Gasteiger charge is -2.19. The second-order valence-electron chi connectivity index (χ2n) is 3.70. The summed E-state index contributed by atoms with van der Waals surface area (Å²) >= 11 is 9.18. The van der Waals surface area contributed by atoms with Crippen LogP contribution in [0.3, 0.4) is 0 Å². The summed E-state index contributed by atoms with van der Waals surface area (Å²) in [6.45, 7) is 0. The van der Waals surface area contributed by atoms with Crippen molar-refractivity contribution in [1.29, 1.82) is 0 Å². The zero-order valence-corrected chi connectivity index (χ0v) is 10.9. The van der Waals surface area contributed by atoms with Crippen molar-refractivity contribution >= 4 is 29.2 Å². The number of thiocarbonyl (C=S) groups is 1. The molecule has 0 aliphatic heterocycles. The van der Waals surface area contributed by atoms with E-state index in [-0.39, 0.29) is 6.04 Å². The van der Waals surface area contributed by atoms with Gasteiger partial charge in [-0.25, -0.2) is 0 Å². The number of rotatable bonds is 3. The van der Waals surface area contributed by atoms with Crippen LogP contribution in [0.15, 0.2) is 60.7 Å². The molecular weight excluding hydrogens is 246 g/mol. The van der Waals surface area contributed by atoms with Crippen LogP contribution in [0.2, 0.25) is 0 Å². The summed E-state index contributed by atoms with van der Waals surface area (Å²) in [7, 11) is 0. The fourth-order valence-electron chi connectivity index (χ4n) is 1.77. The number of hydrogen-bond donors (Lipinski definition) is 2. The first-order valence-electron chi connectivity index (χ1n) is 5.37. The van der Waals surface area contributed by atoms with Gasteiger partial charge < -0.3 is 5.32 Å². The van der Waals surface area contributed by atoms with Gasteiger partial charge in [-0.05, 0) is 11.1 Å². The van der Waals surface area contributed by atoms with Crippen LogP contribution in [-0.2, 0) is 0 Å². The zero-order valence-electron chi connectivity index (χ0n) is 9.21.